The molecule has 108 valence electrons. The van der Waals surface area contributed by atoms with Crippen LogP contribution >= 0.6 is 0 Å². The zero-order valence-electron chi connectivity index (χ0n) is 11.5. The summed E-state index contributed by atoms with van der Waals surface area (Å²) < 4.78 is 5.08. The summed E-state index contributed by atoms with van der Waals surface area (Å²) in [6, 6.07) is 9.82. The molecule has 1 amide bonds. The van der Waals surface area contributed by atoms with E-state index in [0.717, 1.165) is 5.56 Å². The lowest BCUT2D eigenvalue weighted by molar-refractivity contribution is -0.117. The number of pyridine rings is 1. The molecule has 0 fully saturated rings. The van der Waals surface area contributed by atoms with Crippen LogP contribution in [0.5, 0.6) is 11.6 Å². The van der Waals surface area contributed by atoms with Crippen molar-refractivity contribution in [2.45, 2.75) is 12.5 Å². The third-order valence-electron chi connectivity index (χ3n) is 3.34. The van der Waals surface area contributed by atoms with Gasteiger partial charge in [-0.05, 0) is 23.8 Å². The van der Waals surface area contributed by atoms with Crippen molar-refractivity contribution in [3.63, 3.8) is 0 Å². The Balaban J connectivity index is 1.80. The van der Waals surface area contributed by atoms with Gasteiger partial charge in [0.2, 0.25) is 11.8 Å². The molecule has 6 heteroatoms. The predicted molar refractivity (Wildman–Crippen MR) is 78.6 cm³/mol. The number of fused-ring (bicyclic) bond motifs is 1. The fourth-order valence-electron chi connectivity index (χ4n) is 2.23. The molecule has 0 radical (unpaired) electrons. The number of carbonyl (C=O) groups is 1. The fraction of sp³-hybridized carbons (Fsp3) is 0.200. The maximum atomic E-state index is 12.1. The van der Waals surface area contributed by atoms with Crippen LogP contribution in [0.25, 0.3) is 0 Å². The van der Waals surface area contributed by atoms with Gasteiger partial charge in [-0.3, -0.25) is 4.79 Å². The topological polar surface area (TPSA) is 83.5 Å². The number of hydrogen-bond donors (Lipinski definition) is 3. The van der Waals surface area contributed by atoms with E-state index in [1.54, 1.807) is 43.5 Å². The van der Waals surface area contributed by atoms with Crippen molar-refractivity contribution in [1.82, 2.24) is 4.98 Å². The number of nitrogens with one attached hydrogen (secondary N) is 2. The van der Waals surface area contributed by atoms with Crippen LogP contribution in [-0.2, 0) is 11.2 Å². The van der Waals surface area contributed by atoms with E-state index in [1.807, 2.05) is 0 Å². The Morgan fingerprint density at radius 1 is 1.24 bits per heavy atom. The monoisotopic (exact) mass is 285 g/mol. The third-order valence-corrected chi connectivity index (χ3v) is 3.34. The molecule has 3 N–H and O–H groups in total. The van der Waals surface area contributed by atoms with Crippen molar-refractivity contribution in [1.29, 1.82) is 0 Å². The van der Waals surface area contributed by atoms with E-state index in [2.05, 4.69) is 15.6 Å². The Kier molecular flexibility index (Phi) is 3.35. The van der Waals surface area contributed by atoms with E-state index in [9.17, 15) is 9.90 Å². The molecule has 21 heavy (non-hydrogen) atoms. The molecular weight excluding hydrogens is 270 g/mol. The summed E-state index contributed by atoms with van der Waals surface area (Å²) >= 11 is 0. The number of amides is 1. The highest BCUT2D eigenvalue weighted by atomic mass is 16.5. The predicted octanol–water partition coefficient (Wildman–Crippen LogP) is 1.77. The minimum absolute atomic E-state index is 0.109. The average molecular weight is 285 g/mol. The second kappa shape index (κ2) is 5.32. The van der Waals surface area contributed by atoms with E-state index in [-0.39, 0.29) is 11.7 Å². The molecule has 1 aromatic carbocycles. The normalized spacial score (nSPS) is 16.6. The first-order valence-electron chi connectivity index (χ1n) is 6.56. The van der Waals surface area contributed by atoms with Crippen molar-refractivity contribution in [2.24, 2.45) is 0 Å². The maximum Gasteiger partial charge on any atom is 0.247 e. The molecule has 1 aliphatic heterocycles. The van der Waals surface area contributed by atoms with Crippen LogP contribution in [0.4, 0.5) is 11.5 Å². The lowest BCUT2D eigenvalue weighted by Gasteiger charge is -2.26. The van der Waals surface area contributed by atoms with Crippen molar-refractivity contribution < 1.29 is 14.6 Å². The number of nitrogens with zero attached hydrogens (tertiary/aromatic N) is 1. The number of carbonyl (C=O) groups excluding carboxylic acids is 1. The number of phenolic OH excluding ortho intramolecular Hbond substituents is 1. The number of ether oxygens (including phenoxy) is 1. The highest BCUT2D eigenvalue weighted by Crippen LogP contribution is 2.28. The molecule has 0 saturated carbocycles. The van der Waals surface area contributed by atoms with Gasteiger partial charge in [0.25, 0.3) is 0 Å². The molecule has 0 saturated heterocycles. The summed E-state index contributed by atoms with van der Waals surface area (Å²) in [7, 11) is 1.55. The minimum Gasteiger partial charge on any atom is -0.508 e. The summed E-state index contributed by atoms with van der Waals surface area (Å²) in [6.07, 6.45) is 0.504. The fourth-order valence-corrected chi connectivity index (χ4v) is 2.23. The van der Waals surface area contributed by atoms with Crippen LogP contribution in [0, 0.1) is 0 Å². The molecular formula is C15H15N3O3. The van der Waals surface area contributed by atoms with Gasteiger partial charge in [0.15, 0.2) is 5.82 Å². The van der Waals surface area contributed by atoms with Crippen LogP contribution in [0.3, 0.4) is 0 Å². The number of rotatable bonds is 3. The van der Waals surface area contributed by atoms with Gasteiger partial charge in [-0.2, -0.15) is 4.98 Å². The van der Waals surface area contributed by atoms with E-state index in [0.29, 0.717) is 23.8 Å². The van der Waals surface area contributed by atoms with Gasteiger partial charge in [-0.15, -0.1) is 0 Å². The summed E-state index contributed by atoms with van der Waals surface area (Å²) in [5, 5.41) is 15.2. The molecule has 3 rings (SSSR count). The average Bonchev–Trinajstić information content (AvgIpc) is 2.50. The first kappa shape index (κ1) is 13.2. The first-order chi connectivity index (χ1) is 10.2. The van der Waals surface area contributed by atoms with Crippen LogP contribution in [0.15, 0.2) is 36.4 Å². The van der Waals surface area contributed by atoms with Gasteiger partial charge in [0.05, 0.1) is 12.8 Å². The van der Waals surface area contributed by atoms with Gasteiger partial charge < -0.3 is 20.5 Å². The first-order valence-corrected chi connectivity index (χ1v) is 6.56. The molecule has 6 nitrogen and oxygen atoms in total. The van der Waals surface area contributed by atoms with Crippen molar-refractivity contribution >= 4 is 17.4 Å². The molecule has 0 aliphatic carbocycles. The number of benzene rings is 1. The molecule has 1 aliphatic rings. The van der Waals surface area contributed by atoms with Crippen LogP contribution in [-0.4, -0.2) is 29.1 Å². The van der Waals surface area contributed by atoms with E-state index < -0.39 is 6.04 Å². The minimum atomic E-state index is -0.415. The quantitative estimate of drug-likeness (QED) is 0.800. The Hall–Kier alpha value is -2.76. The third kappa shape index (κ3) is 2.74. The lowest BCUT2D eigenvalue weighted by atomic mass is 10.0. The number of anilines is 2. The highest BCUT2D eigenvalue weighted by molar-refractivity contribution is 6.02. The van der Waals surface area contributed by atoms with Gasteiger partial charge in [0.1, 0.15) is 11.8 Å². The lowest BCUT2D eigenvalue weighted by Crippen LogP contribution is -2.40. The van der Waals surface area contributed by atoms with E-state index >= 15 is 0 Å². The molecule has 0 bridgehead atoms. The summed E-state index contributed by atoms with van der Waals surface area (Å²) in [6.45, 7) is 0. The smallest absolute Gasteiger partial charge is 0.247 e. The molecule has 1 atom stereocenters. The van der Waals surface area contributed by atoms with Crippen LogP contribution in [0.1, 0.15) is 5.56 Å². The molecule has 2 aromatic rings. The van der Waals surface area contributed by atoms with Crippen molar-refractivity contribution in [2.75, 3.05) is 17.7 Å². The number of aromatic hydroxyl groups is 1. The summed E-state index contributed by atoms with van der Waals surface area (Å²) in [5.74, 6) is 1.18. The number of hydrogen-bond acceptors (Lipinski definition) is 5. The number of aromatic nitrogens is 1. The van der Waals surface area contributed by atoms with Gasteiger partial charge in [-0.1, -0.05) is 12.1 Å². The molecule has 1 unspecified atom stereocenters. The number of phenols is 1. The maximum absolute atomic E-state index is 12.1. The standard InChI is InChI=1S/C15H15N3O3/c1-21-13-7-6-11-14(18-13)16-12(15(20)17-11)8-9-2-4-10(19)5-3-9/h2-7,12,19H,8H2,1H3,(H,16,18)(H,17,20). The second-order valence-corrected chi connectivity index (χ2v) is 4.81. The largest absolute Gasteiger partial charge is 0.508 e. The van der Waals surface area contributed by atoms with Gasteiger partial charge in [0, 0.05) is 12.5 Å². The van der Waals surface area contributed by atoms with Crippen LogP contribution < -0.4 is 15.4 Å². The van der Waals surface area contributed by atoms with Crippen molar-refractivity contribution in [3.05, 3.63) is 42.0 Å². The molecule has 1 aromatic heterocycles. The highest BCUT2D eigenvalue weighted by Gasteiger charge is 2.26. The second-order valence-electron chi connectivity index (χ2n) is 4.81. The Morgan fingerprint density at radius 2 is 2.00 bits per heavy atom. The Bertz CT molecular complexity index is 670. The zero-order valence-corrected chi connectivity index (χ0v) is 11.5. The zero-order chi connectivity index (χ0) is 14.8. The van der Waals surface area contributed by atoms with Crippen molar-refractivity contribution in [3.8, 4) is 11.6 Å². The summed E-state index contributed by atoms with van der Waals surface area (Å²) in [4.78, 5) is 16.4. The Labute approximate surface area is 121 Å². The van der Waals surface area contributed by atoms with Crippen LogP contribution in [0.2, 0.25) is 0 Å². The van der Waals surface area contributed by atoms with Gasteiger partial charge >= 0.3 is 0 Å². The van der Waals surface area contributed by atoms with E-state index in [1.165, 1.54) is 0 Å². The molecule has 0 spiro atoms. The van der Waals surface area contributed by atoms with E-state index in [4.69, 9.17) is 4.74 Å². The SMILES string of the molecule is COc1ccc2c(n1)NC(Cc1ccc(O)cc1)C(=O)N2. The molecule has 2 heterocycles. The van der Waals surface area contributed by atoms with Gasteiger partial charge in [-0.25, -0.2) is 0 Å². The number of methoxy groups -OCH3 is 1. The Morgan fingerprint density at radius 3 is 2.71 bits per heavy atom. The summed E-state index contributed by atoms with van der Waals surface area (Å²) in [5.41, 5.74) is 1.59.